The highest BCUT2D eigenvalue weighted by Crippen LogP contribution is 2.25. The average Bonchev–Trinajstić information content (AvgIpc) is 3.25. The van der Waals surface area contributed by atoms with Gasteiger partial charge in [-0.05, 0) is 96.0 Å². The number of H-pyrrole nitrogens is 1. The highest BCUT2D eigenvalue weighted by molar-refractivity contribution is 6.30. The van der Waals surface area contributed by atoms with E-state index in [4.69, 9.17) is 37.4 Å². The van der Waals surface area contributed by atoms with Crippen LogP contribution in [0.2, 0.25) is 10.0 Å². The quantitative estimate of drug-likeness (QED) is 0.0800. The summed E-state index contributed by atoms with van der Waals surface area (Å²) in [5.41, 5.74) is 0.0939. The number of aromatic nitrogens is 6. The Kier molecular flexibility index (Phi) is 19.3. The second-order valence-electron chi connectivity index (χ2n) is 14.1. The lowest BCUT2D eigenvalue weighted by Crippen LogP contribution is -2.25. The van der Waals surface area contributed by atoms with Crippen LogP contribution in [0.3, 0.4) is 0 Å². The molecule has 2 N–H and O–H groups in total. The van der Waals surface area contributed by atoms with Crippen LogP contribution in [0.25, 0.3) is 0 Å². The van der Waals surface area contributed by atoms with Crippen molar-refractivity contribution < 1.29 is 37.7 Å². The van der Waals surface area contributed by atoms with Gasteiger partial charge < -0.3 is 38.4 Å². The van der Waals surface area contributed by atoms with Crippen molar-refractivity contribution in [3.63, 3.8) is 0 Å². The van der Waals surface area contributed by atoms with Crippen molar-refractivity contribution in [2.75, 3.05) is 25.1 Å². The number of hydrogen-bond acceptors (Lipinski definition) is 14. The highest BCUT2D eigenvalue weighted by Gasteiger charge is 2.18. The number of hydrogen-bond donors (Lipinski definition) is 2. The molecule has 20 heteroatoms. The molecule has 6 rings (SSSR count). The van der Waals surface area contributed by atoms with Crippen LogP contribution in [-0.4, -0.2) is 72.9 Å². The van der Waals surface area contributed by atoms with Crippen molar-refractivity contribution in [3.05, 3.63) is 172 Å². The van der Waals surface area contributed by atoms with E-state index in [-0.39, 0.29) is 60.9 Å². The third-order valence-electron chi connectivity index (χ3n) is 8.68. The lowest BCUT2D eigenvalue weighted by Gasteiger charge is -2.16. The molecular weight excluding hydrogens is 900 g/mol. The maximum Gasteiger partial charge on any atom is 0.345 e. The van der Waals surface area contributed by atoms with E-state index in [1.165, 1.54) is 30.7 Å². The van der Waals surface area contributed by atoms with E-state index in [0.29, 0.717) is 33.9 Å². The molecule has 0 aliphatic rings. The van der Waals surface area contributed by atoms with Gasteiger partial charge in [-0.1, -0.05) is 47.5 Å². The van der Waals surface area contributed by atoms with E-state index in [1.54, 1.807) is 87.9 Å². The number of benzene rings is 3. The molecule has 0 radical (unpaired) electrons. The van der Waals surface area contributed by atoms with Gasteiger partial charge in [0.05, 0.1) is 32.5 Å². The van der Waals surface area contributed by atoms with Gasteiger partial charge in [0, 0.05) is 46.9 Å². The van der Waals surface area contributed by atoms with Crippen LogP contribution in [0.5, 0.6) is 5.75 Å². The van der Waals surface area contributed by atoms with E-state index in [9.17, 15) is 33.2 Å². The Morgan fingerprint density at radius 1 is 0.712 bits per heavy atom. The van der Waals surface area contributed by atoms with Gasteiger partial charge in [0.25, 0.3) is 16.7 Å². The van der Waals surface area contributed by atoms with Gasteiger partial charge in [-0.3, -0.25) is 14.4 Å². The van der Waals surface area contributed by atoms with Crippen molar-refractivity contribution in [2.45, 2.75) is 67.7 Å². The zero-order chi connectivity index (χ0) is 48.5. The first-order valence-electron chi connectivity index (χ1n) is 20.4. The molecule has 0 unspecified atom stereocenters. The number of aromatic amines is 1. The molecule has 0 aliphatic carbocycles. The first-order valence-corrected chi connectivity index (χ1v) is 21.2. The first-order chi connectivity index (χ1) is 31.4. The molecule has 6 aromatic rings. The Morgan fingerprint density at radius 2 is 1.20 bits per heavy atom. The second-order valence-corrected chi connectivity index (χ2v) is 15.0. The summed E-state index contributed by atoms with van der Waals surface area (Å²) in [6.45, 7) is 13.3. The minimum Gasteiger partial charge on any atom is -0.488 e. The van der Waals surface area contributed by atoms with E-state index in [1.807, 2.05) is 24.3 Å². The van der Waals surface area contributed by atoms with Crippen LogP contribution in [0.4, 0.5) is 16.0 Å². The van der Waals surface area contributed by atoms with Gasteiger partial charge in [0.2, 0.25) is 5.95 Å². The molecule has 0 spiro atoms. The Balaban J connectivity index is 0.000000239. The zero-order valence-electron chi connectivity index (χ0n) is 37.1. The van der Waals surface area contributed by atoms with Crippen molar-refractivity contribution in [1.82, 2.24) is 29.1 Å². The van der Waals surface area contributed by atoms with Gasteiger partial charge >= 0.3 is 17.9 Å². The van der Waals surface area contributed by atoms with Crippen LogP contribution in [-0.2, 0) is 27.3 Å². The number of halogens is 3. The maximum atomic E-state index is 14.4. The lowest BCUT2D eigenvalue weighted by atomic mass is 10.2. The topological polar surface area (TPSA) is 216 Å². The molecule has 0 fully saturated rings. The summed E-state index contributed by atoms with van der Waals surface area (Å²) in [4.78, 5) is 84.5. The Morgan fingerprint density at radius 3 is 1.68 bits per heavy atom. The molecule has 0 saturated carbocycles. The second kappa shape index (κ2) is 24.8. The summed E-state index contributed by atoms with van der Waals surface area (Å²) in [5.74, 6) is -1.36. The SMILES string of the molecule is CCOC(=O)c1cn(Cc2ccc(Cl)cc2)c(C)nc1=O.CCOC(=O)c1cn(Cc2ccc(Cl)cc2)c(Nc2ccc(OC(C)C)c(F)c2)nc1=O.CCOC(=O)c1cnc(C)[nH]c1=O. The molecule has 3 aromatic heterocycles. The summed E-state index contributed by atoms with van der Waals surface area (Å²) >= 11 is 11.8. The number of aryl methyl sites for hydroxylation is 2. The van der Waals surface area contributed by atoms with Crippen LogP contribution in [0.15, 0.2) is 99.7 Å². The van der Waals surface area contributed by atoms with Gasteiger partial charge in [0.1, 0.15) is 28.3 Å². The number of rotatable bonds is 14. The number of carbonyl (C=O) groups is 3. The van der Waals surface area contributed by atoms with Crippen molar-refractivity contribution in [2.24, 2.45) is 0 Å². The molecule has 348 valence electrons. The smallest absolute Gasteiger partial charge is 0.345 e. The minimum atomic E-state index is -0.761. The normalized spacial score (nSPS) is 10.5. The predicted octanol–water partition coefficient (Wildman–Crippen LogP) is 7.48. The summed E-state index contributed by atoms with van der Waals surface area (Å²) in [6, 6.07) is 18.8. The molecule has 17 nitrogen and oxygen atoms in total. The summed E-state index contributed by atoms with van der Waals surface area (Å²) < 4.78 is 37.6. The number of carbonyl (C=O) groups excluding carboxylic acids is 3. The van der Waals surface area contributed by atoms with Gasteiger partial charge in [-0.15, -0.1) is 0 Å². The van der Waals surface area contributed by atoms with E-state index >= 15 is 0 Å². The Labute approximate surface area is 388 Å². The Bertz CT molecular complexity index is 2810. The van der Waals surface area contributed by atoms with E-state index < -0.39 is 40.4 Å². The lowest BCUT2D eigenvalue weighted by molar-refractivity contribution is 0.0513. The number of nitrogens with one attached hydrogen (secondary N) is 2. The third-order valence-corrected chi connectivity index (χ3v) is 9.19. The van der Waals surface area contributed by atoms with Crippen LogP contribution in [0, 0.1) is 19.7 Å². The van der Waals surface area contributed by atoms with Crippen LogP contribution < -0.4 is 26.7 Å². The summed E-state index contributed by atoms with van der Waals surface area (Å²) in [5, 5.41) is 4.18. The molecule has 0 bridgehead atoms. The maximum absolute atomic E-state index is 14.4. The van der Waals surface area contributed by atoms with Gasteiger partial charge in [-0.25, -0.2) is 23.8 Å². The average molecular weight is 949 g/mol. The molecule has 3 aromatic carbocycles. The molecule has 3 heterocycles. The monoisotopic (exact) mass is 947 g/mol. The fourth-order valence-electron chi connectivity index (χ4n) is 5.62. The van der Waals surface area contributed by atoms with Crippen LogP contribution in [0.1, 0.15) is 88.5 Å². The predicted molar refractivity (Wildman–Crippen MR) is 246 cm³/mol. The molecule has 0 atom stereocenters. The number of anilines is 2. The molecule has 0 saturated heterocycles. The van der Waals surface area contributed by atoms with E-state index in [0.717, 1.165) is 11.1 Å². The summed E-state index contributed by atoms with van der Waals surface area (Å²) in [6.07, 6.45) is 3.89. The van der Waals surface area contributed by atoms with Gasteiger partial charge in [-0.2, -0.15) is 9.97 Å². The number of esters is 3. The standard InChI is InChI=1S/C23H23ClFN3O4.C15H15ClN2O3.C8H10N2O3/c1-4-31-22(30)18-13-28(12-15-5-7-16(24)8-6-15)23(27-21(18)29)26-17-9-10-20(19(25)11-17)32-14(2)3;1-3-21-15(20)13-9-18(10(2)17-14(13)19)8-11-4-6-12(16)7-5-11;1-3-13-8(12)6-4-9-5(2)10-7(6)11/h5-11,13-14H,4,12H2,1-3H3,(H,26,27,29);4-7,9H,3,8H2,1-2H3;4H,3H2,1-2H3,(H,9,10,11). The zero-order valence-corrected chi connectivity index (χ0v) is 38.7. The van der Waals surface area contributed by atoms with Gasteiger partial charge in [0.15, 0.2) is 11.6 Å². The van der Waals surface area contributed by atoms with Crippen molar-refractivity contribution in [3.8, 4) is 5.75 Å². The fraction of sp³-hybridized carbons (Fsp3) is 0.283. The molecular formula is C46H48Cl2FN7O10. The van der Waals surface area contributed by atoms with E-state index in [2.05, 4.69) is 30.0 Å². The molecule has 0 amide bonds. The molecule has 0 aliphatic heterocycles. The number of nitrogens with zero attached hydrogens (tertiary/aromatic N) is 5. The number of ether oxygens (including phenoxy) is 4. The fourth-order valence-corrected chi connectivity index (χ4v) is 5.87. The highest BCUT2D eigenvalue weighted by atomic mass is 35.5. The largest absolute Gasteiger partial charge is 0.488 e. The third kappa shape index (κ3) is 15.2. The summed E-state index contributed by atoms with van der Waals surface area (Å²) in [7, 11) is 0. The van der Waals surface area contributed by atoms with Crippen molar-refractivity contribution in [1.29, 1.82) is 0 Å². The Hall–Kier alpha value is -7.18. The van der Waals surface area contributed by atoms with Crippen LogP contribution >= 0.6 is 23.2 Å². The molecule has 66 heavy (non-hydrogen) atoms. The van der Waals surface area contributed by atoms with Crippen molar-refractivity contribution >= 4 is 52.7 Å². The minimum absolute atomic E-state index is 0.0589. The first kappa shape index (κ1) is 51.5.